The Morgan fingerprint density at radius 1 is 1.09 bits per heavy atom. The third kappa shape index (κ3) is 5.05. The average molecular weight is 456 g/mol. The third-order valence-electron chi connectivity index (χ3n) is 5.19. The van der Waals surface area contributed by atoms with E-state index in [0.717, 1.165) is 23.0 Å². The lowest BCUT2D eigenvalue weighted by Crippen LogP contribution is -2.17. The van der Waals surface area contributed by atoms with Crippen LogP contribution in [0.4, 0.5) is 14.5 Å². The van der Waals surface area contributed by atoms with Gasteiger partial charge in [-0.15, -0.1) is 0 Å². The van der Waals surface area contributed by atoms with Gasteiger partial charge in [-0.05, 0) is 56.2 Å². The minimum Gasteiger partial charge on any atom is -0.469 e. The van der Waals surface area contributed by atoms with Crippen LogP contribution in [0.2, 0.25) is 0 Å². The molecule has 0 aliphatic carbocycles. The summed E-state index contributed by atoms with van der Waals surface area (Å²) in [5.41, 5.74) is 7.60. The lowest BCUT2D eigenvalue weighted by molar-refractivity contribution is -0.140. The molecule has 33 heavy (non-hydrogen) atoms. The highest BCUT2D eigenvalue weighted by Crippen LogP contribution is 2.22. The fraction of sp³-hybridized carbons (Fsp3) is 0.217. The number of hydrogen-bond acceptors (Lipinski definition) is 5. The van der Waals surface area contributed by atoms with Crippen LogP contribution in [-0.2, 0) is 16.0 Å². The Morgan fingerprint density at radius 2 is 1.76 bits per heavy atom. The number of rotatable bonds is 7. The van der Waals surface area contributed by atoms with Crippen molar-refractivity contribution < 1.29 is 27.9 Å². The number of benzene rings is 2. The van der Waals surface area contributed by atoms with Gasteiger partial charge in [-0.3, -0.25) is 14.4 Å². The molecule has 8 nitrogen and oxygen atoms in total. The summed E-state index contributed by atoms with van der Waals surface area (Å²) < 4.78 is 34.0. The molecule has 172 valence electrons. The number of nitrogens with two attached hydrogens (primary N) is 1. The summed E-state index contributed by atoms with van der Waals surface area (Å²) in [6, 6.07) is 7.70. The van der Waals surface area contributed by atoms with Crippen LogP contribution in [0.15, 0.2) is 36.4 Å². The van der Waals surface area contributed by atoms with E-state index < -0.39 is 29.0 Å². The highest BCUT2D eigenvalue weighted by molar-refractivity contribution is 6.05. The normalized spacial score (nSPS) is 10.7. The largest absolute Gasteiger partial charge is 0.469 e. The number of anilines is 1. The average Bonchev–Trinajstić information content (AvgIpc) is 3.06. The summed E-state index contributed by atoms with van der Waals surface area (Å²) in [5.74, 6) is -4.20. The summed E-state index contributed by atoms with van der Waals surface area (Å²) in [6.45, 7) is 3.72. The van der Waals surface area contributed by atoms with Crippen molar-refractivity contribution >= 4 is 23.5 Å². The van der Waals surface area contributed by atoms with Gasteiger partial charge in [0.2, 0.25) is 0 Å². The molecule has 0 bridgehead atoms. The van der Waals surface area contributed by atoms with Crippen LogP contribution in [0.1, 0.15) is 44.1 Å². The van der Waals surface area contributed by atoms with E-state index in [4.69, 9.17) is 5.73 Å². The van der Waals surface area contributed by atoms with Gasteiger partial charge >= 0.3 is 5.97 Å². The van der Waals surface area contributed by atoms with E-state index in [9.17, 15) is 23.2 Å². The van der Waals surface area contributed by atoms with Crippen molar-refractivity contribution in [3.8, 4) is 5.69 Å². The molecule has 3 N–H and O–H groups in total. The van der Waals surface area contributed by atoms with Crippen LogP contribution >= 0.6 is 0 Å². The molecule has 0 aliphatic rings. The number of amides is 2. The number of carbonyl (C=O) groups is 3. The molecule has 0 aliphatic heterocycles. The fourth-order valence-corrected chi connectivity index (χ4v) is 3.40. The number of hydrogen-bond donors (Lipinski definition) is 2. The third-order valence-corrected chi connectivity index (χ3v) is 5.19. The molecule has 1 aromatic heterocycles. The highest BCUT2D eigenvalue weighted by atomic mass is 19.1. The van der Waals surface area contributed by atoms with Crippen LogP contribution in [0.5, 0.6) is 0 Å². The summed E-state index contributed by atoms with van der Waals surface area (Å²) in [7, 11) is 1.34. The van der Waals surface area contributed by atoms with Gasteiger partial charge < -0.3 is 15.8 Å². The zero-order valence-corrected chi connectivity index (χ0v) is 18.2. The molecule has 0 saturated carbocycles. The number of aromatic nitrogens is 2. The van der Waals surface area contributed by atoms with Crippen molar-refractivity contribution in [2.75, 3.05) is 12.4 Å². The topological polar surface area (TPSA) is 116 Å². The minimum atomic E-state index is -1.11. The summed E-state index contributed by atoms with van der Waals surface area (Å²) in [5, 5.41) is 6.82. The number of methoxy groups -OCH3 is 1. The summed E-state index contributed by atoms with van der Waals surface area (Å²) in [6.07, 6.45) is 0.724. The Bertz CT molecular complexity index is 1240. The second kappa shape index (κ2) is 9.60. The molecular weight excluding hydrogens is 434 g/mol. The minimum absolute atomic E-state index is 0.204. The van der Waals surface area contributed by atoms with E-state index in [1.165, 1.54) is 19.2 Å². The lowest BCUT2D eigenvalue weighted by atomic mass is 10.1. The molecule has 3 rings (SSSR count). The fourth-order valence-electron chi connectivity index (χ4n) is 3.40. The van der Waals surface area contributed by atoms with E-state index >= 15 is 0 Å². The number of nitrogens with zero attached hydrogens (tertiary/aromatic N) is 2. The van der Waals surface area contributed by atoms with Crippen LogP contribution in [-0.4, -0.2) is 34.7 Å². The van der Waals surface area contributed by atoms with Gasteiger partial charge in [0.25, 0.3) is 11.8 Å². The first kappa shape index (κ1) is 23.6. The number of aryl methyl sites for hydroxylation is 1. The Morgan fingerprint density at radius 3 is 2.36 bits per heavy atom. The van der Waals surface area contributed by atoms with E-state index in [1.54, 1.807) is 16.8 Å². The quantitative estimate of drug-likeness (QED) is 0.530. The van der Waals surface area contributed by atoms with Crippen molar-refractivity contribution in [1.82, 2.24) is 9.78 Å². The van der Waals surface area contributed by atoms with E-state index in [0.29, 0.717) is 18.2 Å². The van der Waals surface area contributed by atoms with Crippen molar-refractivity contribution in [2.24, 2.45) is 5.73 Å². The molecule has 3 aromatic rings. The van der Waals surface area contributed by atoms with Gasteiger partial charge in [0.15, 0.2) is 0 Å². The zero-order valence-electron chi connectivity index (χ0n) is 18.2. The van der Waals surface area contributed by atoms with Gasteiger partial charge in [0.05, 0.1) is 29.7 Å². The van der Waals surface area contributed by atoms with Crippen molar-refractivity contribution in [3.05, 3.63) is 76.1 Å². The molecule has 0 saturated heterocycles. The molecule has 1 heterocycles. The van der Waals surface area contributed by atoms with Gasteiger partial charge in [0, 0.05) is 23.7 Å². The van der Waals surface area contributed by atoms with Crippen LogP contribution in [0, 0.1) is 25.5 Å². The molecule has 0 spiro atoms. The maximum absolute atomic E-state index is 14.0. The summed E-state index contributed by atoms with van der Waals surface area (Å²) in [4.78, 5) is 35.3. The van der Waals surface area contributed by atoms with E-state index in [2.05, 4.69) is 15.2 Å². The standard InChI is InChI=1S/C23H22F2N4O4/c1-12-16(8-9-21(30)33-3)13(2)29(28-12)15-6-4-14(5-7-15)23(32)27-20-10-17(22(26)31)18(24)11-19(20)25/h4-7,10-11H,8-9H2,1-3H3,(H2,26,31)(H,27,32). The smallest absolute Gasteiger partial charge is 0.305 e. The maximum atomic E-state index is 14.0. The Labute approximate surface area is 188 Å². The second-order valence-electron chi connectivity index (χ2n) is 7.31. The Kier molecular flexibility index (Phi) is 6.86. The molecule has 10 heteroatoms. The van der Waals surface area contributed by atoms with Crippen molar-refractivity contribution in [2.45, 2.75) is 26.7 Å². The molecule has 0 atom stereocenters. The molecule has 0 radical (unpaired) electrons. The van der Waals surface area contributed by atoms with Crippen LogP contribution < -0.4 is 11.1 Å². The molecule has 0 fully saturated rings. The van der Waals surface area contributed by atoms with Crippen molar-refractivity contribution in [3.63, 3.8) is 0 Å². The molecule has 2 amide bonds. The number of primary amides is 1. The van der Waals surface area contributed by atoms with Crippen molar-refractivity contribution in [1.29, 1.82) is 0 Å². The number of carbonyl (C=O) groups excluding carboxylic acids is 3. The van der Waals surface area contributed by atoms with Gasteiger partial charge in [0.1, 0.15) is 11.6 Å². The molecule has 0 unspecified atom stereocenters. The van der Waals surface area contributed by atoms with Gasteiger partial charge in [-0.25, -0.2) is 13.5 Å². The maximum Gasteiger partial charge on any atom is 0.305 e. The molecule has 2 aromatic carbocycles. The monoisotopic (exact) mass is 456 g/mol. The summed E-state index contributed by atoms with van der Waals surface area (Å²) >= 11 is 0. The Hall–Kier alpha value is -4.08. The van der Waals surface area contributed by atoms with Crippen LogP contribution in [0.3, 0.4) is 0 Å². The number of ether oxygens (including phenoxy) is 1. The Balaban J connectivity index is 1.80. The van der Waals surface area contributed by atoms with Crippen LogP contribution in [0.25, 0.3) is 5.69 Å². The second-order valence-corrected chi connectivity index (χ2v) is 7.31. The van der Waals surface area contributed by atoms with Gasteiger partial charge in [-0.1, -0.05) is 0 Å². The first-order chi connectivity index (χ1) is 15.6. The van der Waals surface area contributed by atoms with E-state index in [1.807, 2.05) is 13.8 Å². The first-order valence-corrected chi connectivity index (χ1v) is 9.95. The zero-order chi connectivity index (χ0) is 24.3. The number of esters is 1. The lowest BCUT2D eigenvalue weighted by Gasteiger charge is -2.10. The number of nitrogens with one attached hydrogen (secondary N) is 1. The predicted octanol–water partition coefficient (Wildman–Crippen LogP) is 3.22. The number of halogens is 2. The molecular formula is C23H22F2N4O4. The first-order valence-electron chi connectivity index (χ1n) is 9.95. The highest BCUT2D eigenvalue weighted by Gasteiger charge is 2.17. The predicted molar refractivity (Wildman–Crippen MR) is 116 cm³/mol. The SMILES string of the molecule is COC(=O)CCc1c(C)nn(-c2ccc(C(=O)Nc3cc(C(N)=O)c(F)cc3F)cc2)c1C. The van der Waals surface area contributed by atoms with E-state index in [-0.39, 0.29) is 23.6 Å². The van der Waals surface area contributed by atoms with Gasteiger partial charge in [-0.2, -0.15) is 5.10 Å².